The van der Waals surface area contributed by atoms with E-state index in [1.807, 2.05) is 26.8 Å². The highest BCUT2D eigenvalue weighted by Gasteiger charge is 2.26. The summed E-state index contributed by atoms with van der Waals surface area (Å²) in [5, 5.41) is 2.89. The van der Waals surface area contributed by atoms with Crippen LogP contribution in [-0.2, 0) is 54.5 Å². The lowest BCUT2D eigenvalue weighted by molar-refractivity contribution is 0.256. The second-order valence-corrected chi connectivity index (χ2v) is 11.3. The molecule has 2 aliphatic rings. The van der Waals surface area contributed by atoms with E-state index in [1.54, 1.807) is 15.2 Å². The van der Waals surface area contributed by atoms with Gasteiger partial charge in [-0.3, -0.25) is 9.13 Å². The molecule has 2 amide bonds. The lowest BCUT2D eigenvalue weighted by Gasteiger charge is -2.17. The summed E-state index contributed by atoms with van der Waals surface area (Å²) in [7, 11) is -3.96. The molecule has 1 aromatic heterocycles. The Morgan fingerprint density at radius 1 is 0.914 bits per heavy atom. The summed E-state index contributed by atoms with van der Waals surface area (Å²) >= 11 is 0. The summed E-state index contributed by atoms with van der Waals surface area (Å²) in [6.07, 6.45) is 5.92. The molecule has 0 saturated heterocycles. The fourth-order valence-corrected chi connectivity index (χ4v) is 6.89. The van der Waals surface area contributed by atoms with Gasteiger partial charge in [0.25, 0.3) is 0 Å². The summed E-state index contributed by atoms with van der Waals surface area (Å²) in [4.78, 5) is 25.5. The average Bonchev–Trinajstić information content (AvgIpc) is 3.50. The van der Waals surface area contributed by atoms with Crippen LogP contribution in [0, 0.1) is 6.92 Å². The van der Waals surface area contributed by atoms with E-state index >= 15 is 0 Å². The smallest absolute Gasteiger partial charge is 0.307 e. The second kappa shape index (κ2) is 8.86. The van der Waals surface area contributed by atoms with E-state index in [4.69, 9.17) is 0 Å². The van der Waals surface area contributed by atoms with E-state index in [1.165, 1.54) is 11.1 Å². The lowest BCUT2D eigenvalue weighted by atomic mass is 9.99. The van der Waals surface area contributed by atoms with Crippen LogP contribution in [0.1, 0.15) is 60.1 Å². The molecule has 5 rings (SSSR count). The topological polar surface area (TPSA) is 102 Å². The number of fused-ring (bicyclic) bond motifs is 3. The molecule has 0 bridgehead atoms. The van der Waals surface area contributed by atoms with Gasteiger partial charge in [-0.2, -0.15) is 0 Å². The number of hydrogen-bond donors (Lipinski definition) is 2. The van der Waals surface area contributed by atoms with Crippen LogP contribution in [0.2, 0.25) is 0 Å². The maximum atomic E-state index is 13.0. The normalized spacial score (nSPS) is 14.8. The Bertz CT molecular complexity index is 1480. The number of aromatic nitrogens is 2. The number of nitrogens with one attached hydrogen (secondary N) is 2. The Kier molecular flexibility index (Phi) is 5.99. The molecule has 2 aliphatic carbocycles. The number of benzene rings is 2. The highest BCUT2D eigenvalue weighted by molar-refractivity contribution is 7.89. The van der Waals surface area contributed by atoms with Crippen LogP contribution in [-0.4, -0.2) is 23.6 Å². The van der Waals surface area contributed by atoms with E-state index in [0.29, 0.717) is 24.2 Å². The molecule has 0 atom stereocenters. The molecule has 3 aromatic rings. The molecule has 0 radical (unpaired) electrons. The molecule has 35 heavy (non-hydrogen) atoms. The van der Waals surface area contributed by atoms with Crippen molar-refractivity contribution >= 4 is 32.8 Å². The van der Waals surface area contributed by atoms with E-state index in [9.17, 15) is 18.0 Å². The Hall–Kier alpha value is -3.07. The molecule has 8 nitrogen and oxygen atoms in total. The molecule has 186 valence electrons. The van der Waals surface area contributed by atoms with Gasteiger partial charge >= 0.3 is 11.7 Å². The van der Waals surface area contributed by atoms with Gasteiger partial charge in [-0.25, -0.2) is 22.7 Å². The van der Waals surface area contributed by atoms with Crippen LogP contribution >= 0.6 is 0 Å². The summed E-state index contributed by atoms with van der Waals surface area (Å²) in [5.41, 5.74) is 8.37. The van der Waals surface area contributed by atoms with Crippen molar-refractivity contribution in [3.63, 3.8) is 0 Å². The lowest BCUT2D eigenvalue weighted by Crippen LogP contribution is -2.35. The first-order chi connectivity index (χ1) is 16.7. The number of amides is 2. The highest BCUT2D eigenvalue weighted by Crippen LogP contribution is 2.38. The van der Waals surface area contributed by atoms with Crippen molar-refractivity contribution in [1.82, 2.24) is 13.9 Å². The van der Waals surface area contributed by atoms with Crippen molar-refractivity contribution in [3.8, 4) is 0 Å². The third-order valence-corrected chi connectivity index (χ3v) is 8.60. The highest BCUT2D eigenvalue weighted by atomic mass is 32.2. The van der Waals surface area contributed by atoms with E-state index in [0.717, 1.165) is 66.4 Å². The van der Waals surface area contributed by atoms with Crippen LogP contribution < -0.4 is 15.7 Å². The molecule has 0 unspecified atom stereocenters. The molecule has 9 heteroatoms. The monoisotopic (exact) mass is 496 g/mol. The molecule has 0 aliphatic heterocycles. The Labute approximate surface area is 205 Å². The van der Waals surface area contributed by atoms with Gasteiger partial charge in [0, 0.05) is 18.8 Å². The van der Waals surface area contributed by atoms with E-state index in [-0.39, 0.29) is 11.4 Å². The predicted molar refractivity (Wildman–Crippen MR) is 138 cm³/mol. The SMILES string of the molecule is CCn1c(=O)n(CC)c2cc(CS(=O)(=O)NC(=O)Nc3c4c(cc5c3CCC5)CCC4)c(C)cc21. The Morgan fingerprint density at radius 2 is 1.49 bits per heavy atom. The molecule has 0 saturated carbocycles. The first-order valence-electron chi connectivity index (χ1n) is 12.4. The third kappa shape index (κ3) is 4.16. The van der Waals surface area contributed by atoms with Gasteiger partial charge in [-0.05, 0) is 105 Å². The maximum Gasteiger partial charge on any atom is 0.332 e. The van der Waals surface area contributed by atoms with Gasteiger partial charge in [0.15, 0.2) is 0 Å². The van der Waals surface area contributed by atoms with Crippen molar-refractivity contribution in [1.29, 1.82) is 0 Å². The van der Waals surface area contributed by atoms with Crippen molar-refractivity contribution in [3.05, 3.63) is 62.1 Å². The largest absolute Gasteiger partial charge is 0.332 e. The standard InChI is InChI=1S/C26H32N4O4S/c1-4-29-22-12-16(3)19(14-23(22)30(5-2)26(29)32)15-35(33,34)28-25(31)27-24-20-10-6-8-17(20)13-18-9-7-11-21(18)24/h12-14H,4-11,15H2,1-3H3,(H2,27,28,31). The molecule has 0 fully saturated rings. The van der Waals surface area contributed by atoms with Crippen LogP contribution in [0.5, 0.6) is 0 Å². The summed E-state index contributed by atoms with van der Waals surface area (Å²) in [6, 6.07) is 5.16. The van der Waals surface area contributed by atoms with Crippen LogP contribution in [0.4, 0.5) is 10.5 Å². The number of carbonyl (C=O) groups is 1. The molecular weight excluding hydrogens is 464 g/mol. The zero-order valence-corrected chi connectivity index (χ0v) is 21.3. The maximum absolute atomic E-state index is 13.0. The first kappa shape index (κ1) is 23.7. The minimum Gasteiger partial charge on any atom is -0.307 e. The Morgan fingerprint density at radius 3 is 2.06 bits per heavy atom. The number of carbonyl (C=O) groups excluding carboxylic acids is 1. The van der Waals surface area contributed by atoms with Crippen molar-refractivity contribution in [2.75, 3.05) is 5.32 Å². The van der Waals surface area contributed by atoms with Crippen LogP contribution in [0.15, 0.2) is 23.0 Å². The predicted octanol–water partition coefficient (Wildman–Crippen LogP) is 3.78. The number of nitrogens with zero attached hydrogens (tertiary/aromatic N) is 2. The first-order valence-corrected chi connectivity index (χ1v) is 14.1. The van der Waals surface area contributed by atoms with Crippen molar-refractivity contribution < 1.29 is 13.2 Å². The van der Waals surface area contributed by atoms with Crippen LogP contribution in [0.3, 0.4) is 0 Å². The third-order valence-electron chi connectivity index (χ3n) is 7.41. The quantitative estimate of drug-likeness (QED) is 0.542. The van der Waals surface area contributed by atoms with Crippen molar-refractivity contribution in [2.45, 2.75) is 78.1 Å². The molecule has 2 aromatic carbocycles. The number of urea groups is 1. The average molecular weight is 497 g/mol. The van der Waals surface area contributed by atoms with Gasteiger partial charge < -0.3 is 5.32 Å². The van der Waals surface area contributed by atoms with Gasteiger partial charge in [0.05, 0.1) is 16.8 Å². The number of hydrogen-bond acceptors (Lipinski definition) is 4. The summed E-state index contributed by atoms with van der Waals surface area (Å²) < 4.78 is 31.5. The minimum atomic E-state index is -3.96. The minimum absolute atomic E-state index is 0.107. The molecule has 2 N–H and O–H groups in total. The fraction of sp³-hybridized carbons (Fsp3) is 0.462. The number of anilines is 1. The second-order valence-electron chi connectivity index (χ2n) is 9.59. The number of rotatable bonds is 6. The molecule has 0 spiro atoms. The Balaban J connectivity index is 1.40. The zero-order chi connectivity index (χ0) is 24.9. The van der Waals surface area contributed by atoms with Gasteiger partial charge in [0.2, 0.25) is 10.0 Å². The number of aryl methyl sites for hydroxylation is 5. The summed E-state index contributed by atoms with van der Waals surface area (Å²) in [5.74, 6) is -0.345. The fourth-order valence-electron chi connectivity index (χ4n) is 5.76. The number of sulfonamides is 1. The molecule has 1 heterocycles. The number of imidazole rings is 1. The zero-order valence-electron chi connectivity index (χ0n) is 20.5. The van der Waals surface area contributed by atoms with E-state index in [2.05, 4.69) is 16.1 Å². The van der Waals surface area contributed by atoms with Gasteiger partial charge in [0.1, 0.15) is 0 Å². The van der Waals surface area contributed by atoms with Gasteiger partial charge in [-0.15, -0.1) is 0 Å². The van der Waals surface area contributed by atoms with E-state index < -0.39 is 16.1 Å². The van der Waals surface area contributed by atoms with Crippen LogP contribution in [0.25, 0.3) is 11.0 Å². The van der Waals surface area contributed by atoms with Crippen molar-refractivity contribution in [2.24, 2.45) is 0 Å². The summed E-state index contributed by atoms with van der Waals surface area (Å²) in [6.45, 7) is 6.65. The van der Waals surface area contributed by atoms with Gasteiger partial charge in [-0.1, -0.05) is 6.07 Å². The molecular formula is C26H32N4O4S.